The number of aryl methyl sites for hydroxylation is 2. The van der Waals surface area contributed by atoms with Gasteiger partial charge in [0, 0.05) is 23.4 Å². The molecule has 1 aromatic carbocycles. The summed E-state index contributed by atoms with van der Waals surface area (Å²) in [5.41, 5.74) is 3.52. The van der Waals surface area contributed by atoms with Crippen molar-refractivity contribution in [1.82, 2.24) is 10.1 Å². The van der Waals surface area contributed by atoms with Crippen molar-refractivity contribution in [2.24, 2.45) is 0 Å². The monoisotopic (exact) mass is 341 g/mol. The first-order chi connectivity index (χ1) is 11.8. The fourth-order valence-corrected chi connectivity index (χ4v) is 2.44. The van der Waals surface area contributed by atoms with Crippen molar-refractivity contribution < 1.29 is 19.7 Å². The summed E-state index contributed by atoms with van der Waals surface area (Å²) >= 11 is 0. The fraction of sp³-hybridized carbons (Fsp3) is 0.176. The van der Waals surface area contributed by atoms with Gasteiger partial charge in [0.25, 0.3) is 0 Å². The first-order valence-electron chi connectivity index (χ1n) is 7.40. The van der Waals surface area contributed by atoms with Crippen molar-refractivity contribution >= 4 is 5.69 Å². The number of aromatic hydroxyl groups is 2. The average molecular weight is 341 g/mol. The van der Waals surface area contributed by atoms with E-state index in [4.69, 9.17) is 4.52 Å². The van der Waals surface area contributed by atoms with Crippen LogP contribution in [0.2, 0.25) is 0 Å². The Kier molecular flexibility index (Phi) is 3.88. The molecule has 0 saturated carbocycles. The lowest BCUT2D eigenvalue weighted by Gasteiger charge is -2.05. The Morgan fingerprint density at radius 2 is 1.80 bits per heavy atom. The van der Waals surface area contributed by atoms with E-state index in [1.54, 1.807) is 6.07 Å². The number of nitro groups is 1. The second kappa shape index (κ2) is 5.90. The van der Waals surface area contributed by atoms with Crippen molar-refractivity contribution in [3.63, 3.8) is 0 Å². The third-order valence-electron chi connectivity index (χ3n) is 4.10. The lowest BCUT2D eigenvalue weighted by Crippen LogP contribution is -1.93. The molecule has 8 heteroatoms. The Labute approximate surface area is 142 Å². The number of phenolic OH excluding ortho intramolecular Hbond substituents is 2. The summed E-state index contributed by atoms with van der Waals surface area (Å²) in [5, 5.41) is 34.1. The van der Waals surface area contributed by atoms with E-state index in [9.17, 15) is 20.3 Å². The van der Waals surface area contributed by atoms with E-state index in [2.05, 4.69) is 10.1 Å². The van der Waals surface area contributed by atoms with Crippen LogP contribution in [0.3, 0.4) is 0 Å². The number of phenols is 2. The molecule has 2 aromatic heterocycles. The highest BCUT2D eigenvalue weighted by atomic mass is 16.6. The van der Waals surface area contributed by atoms with Crippen LogP contribution >= 0.6 is 0 Å². The third kappa shape index (κ3) is 2.89. The Morgan fingerprint density at radius 3 is 2.44 bits per heavy atom. The Hall–Kier alpha value is -3.42. The van der Waals surface area contributed by atoms with Crippen LogP contribution in [0.15, 0.2) is 28.8 Å². The van der Waals surface area contributed by atoms with E-state index in [1.807, 2.05) is 26.8 Å². The summed E-state index contributed by atoms with van der Waals surface area (Å²) in [6.07, 6.45) is 0. The number of pyridine rings is 1. The van der Waals surface area contributed by atoms with E-state index < -0.39 is 22.1 Å². The summed E-state index contributed by atoms with van der Waals surface area (Å²) in [6, 6.07) is 5.74. The number of nitro benzene ring substituents is 1. The van der Waals surface area contributed by atoms with Gasteiger partial charge in [-0.3, -0.25) is 10.1 Å². The minimum absolute atomic E-state index is 0.248. The molecule has 8 nitrogen and oxygen atoms in total. The zero-order valence-electron chi connectivity index (χ0n) is 13.8. The molecule has 0 fully saturated rings. The van der Waals surface area contributed by atoms with Crippen LogP contribution in [0.4, 0.5) is 5.69 Å². The predicted octanol–water partition coefficient (Wildman–Crippen LogP) is 3.65. The van der Waals surface area contributed by atoms with Crippen molar-refractivity contribution in [3.8, 4) is 34.2 Å². The first kappa shape index (κ1) is 16.4. The molecule has 0 amide bonds. The number of aromatic nitrogens is 2. The van der Waals surface area contributed by atoms with E-state index in [-0.39, 0.29) is 11.3 Å². The molecule has 0 aliphatic rings. The van der Waals surface area contributed by atoms with Gasteiger partial charge >= 0.3 is 5.69 Å². The summed E-state index contributed by atoms with van der Waals surface area (Å²) in [5.74, 6) is -0.991. The van der Waals surface area contributed by atoms with Gasteiger partial charge < -0.3 is 14.7 Å². The minimum Gasteiger partial charge on any atom is -0.504 e. The van der Waals surface area contributed by atoms with Gasteiger partial charge in [-0.15, -0.1) is 0 Å². The molecule has 0 atom stereocenters. The number of hydrogen-bond acceptors (Lipinski definition) is 7. The maximum Gasteiger partial charge on any atom is 0.315 e. The molecule has 2 N–H and O–H groups in total. The van der Waals surface area contributed by atoms with Crippen molar-refractivity contribution in [2.75, 3.05) is 0 Å². The van der Waals surface area contributed by atoms with Crippen LogP contribution in [-0.2, 0) is 0 Å². The van der Waals surface area contributed by atoms with E-state index in [1.165, 1.54) is 6.07 Å². The minimum atomic E-state index is -0.788. The Balaban J connectivity index is 2.07. The molecule has 3 rings (SSSR count). The van der Waals surface area contributed by atoms with Crippen LogP contribution in [0.1, 0.15) is 16.8 Å². The zero-order valence-corrected chi connectivity index (χ0v) is 13.8. The lowest BCUT2D eigenvalue weighted by atomic mass is 10.1. The largest absolute Gasteiger partial charge is 0.504 e. The maximum atomic E-state index is 11.0. The number of rotatable bonds is 3. The summed E-state index contributed by atoms with van der Waals surface area (Å²) in [6.45, 7) is 5.84. The first-order valence-corrected chi connectivity index (χ1v) is 7.40. The molecule has 0 aliphatic heterocycles. The second-order valence-corrected chi connectivity index (χ2v) is 5.73. The van der Waals surface area contributed by atoms with Gasteiger partial charge in [0.15, 0.2) is 11.5 Å². The quantitative estimate of drug-likeness (QED) is 0.423. The van der Waals surface area contributed by atoms with Gasteiger partial charge in [-0.05, 0) is 44.0 Å². The van der Waals surface area contributed by atoms with Crippen molar-refractivity contribution in [3.05, 3.63) is 51.2 Å². The molecule has 0 saturated heterocycles. The van der Waals surface area contributed by atoms with Gasteiger partial charge in [-0.2, -0.15) is 0 Å². The predicted molar refractivity (Wildman–Crippen MR) is 89.4 cm³/mol. The molecule has 0 unspecified atom stereocenters. The number of nitrogens with zero attached hydrogens (tertiary/aromatic N) is 3. The molecule has 2 heterocycles. The normalized spacial score (nSPS) is 10.8. The highest BCUT2D eigenvalue weighted by molar-refractivity contribution is 5.72. The van der Waals surface area contributed by atoms with E-state index >= 15 is 0 Å². The van der Waals surface area contributed by atoms with Crippen molar-refractivity contribution in [1.29, 1.82) is 0 Å². The molecule has 0 radical (unpaired) electrons. The van der Waals surface area contributed by atoms with Gasteiger partial charge in [0.1, 0.15) is 11.4 Å². The van der Waals surface area contributed by atoms with Crippen LogP contribution in [-0.4, -0.2) is 25.3 Å². The van der Waals surface area contributed by atoms with Gasteiger partial charge in [0.05, 0.1) is 4.92 Å². The maximum absolute atomic E-state index is 11.0. The van der Waals surface area contributed by atoms with Crippen LogP contribution in [0.25, 0.3) is 22.7 Å². The Bertz CT molecular complexity index is 971. The lowest BCUT2D eigenvalue weighted by molar-refractivity contribution is -0.385. The third-order valence-corrected chi connectivity index (χ3v) is 4.10. The van der Waals surface area contributed by atoms with Crippen LogP contribution in [0, 0.1) is 30.9 Å². The number of benzene rings is 1. The molecular weight excluding hydrogens is 326 g/mol. The van der Waals surface area contributed by atoms with Gasteiger partial charge in [0.2, 0.25) is 5.75 Å². The van der Waals surface area contributed by atoms with Crippen LogP contribution < -0.4 is 0 Å². The zero-order chi connectivity index (χ0) is 18.3. The van der Waals surface area contributed by atoms with Crippen molar-refractivity contribution in [2.45, 2.75) is 20.8 Å². The topological polar surface area (TPSA) is 123 Å². The molecule has 0 aliphatic carbocycles. The van der Waals surface area contributed by atoms with E-state index in [0.717, 1.165) is 22.9 Å². The SMILES string of the molecule is Cc1cc(-c2cc(-c3cc(O)c(O)c([N+](=O)[O-])c3)no2)nc(C)c1C. The van der Waals surface area contributed by atoms with E-state index in [0.29, 0.717) is 11.5 Å². The standard InChI is InChI=1S/C17H15N3O5/c1-8-4-13(18-10(3)9(8)2)16-7-12(19-25-16)11-5-14(20(23)24)17(22)15(21)6-11/h4-7,21-22H,1-3H3. The van der Waals surface area contributed by atoms with Gasteiger partial charge in [-0.1, -0.05) is 5.16 Å². The highest BCUT2D eigenvalue weighted by Crippen LogP contribution is 2.39. The summed E-state index contributed by atoms with van der Waals surface area (Å²) < 4.78 is 5.30. The smallest absolute Gasteiger partial charge is 0.315 e. The summed E-state index contributed by atoms with van der Waals surface area (Å²) in [4.78, 5) is 14.6. The molecule has 0 spiro atoms. The molecule has 0 bridgehead atoms. The second-order valence-electron chi connectivity index (χ2n) is 5.73. The molecule has 25 heavy (non-hydrogen) atoms. The van der Waals surface area contributed by atoms with Gasteiger partial charge in [-0.25, -0.2) is 4.98 Å². The molecule has 128 valence electrons. The summed E-state index contributed by atoms with van der Waals surface area (Å²) in [7, 11) is 0. The Morgan fingerprint density at radius 1 is 1.08 bits per heavy atom. The number of hydrogen-bond donors (Lipinski definition) is 2. The molecular formula is C17H15N3O5. The fourth-order valence-electron chi connectivity index (χ4n) is 2.44. The van der Waals surface area contributed by atoms with Crippen LogP contribution in [0.5, 0.6) is 11.5 Å². The molecule has 3 aromatic rings. The highest BCUT2D eigenvalue weighted by Gasteiger charge is 2.21. The average Bonchev–Trinajstić information content (AvgIpc) is 3.04.